The summed E-state index contributed by atoms with van der Waals surface area (Å²) in [6.45, 7) is 3.81. The van der Waals surface area contributed by atoms with E-state index in [2.05, 4.69) is 10.6 Å². The van der Waals surface area contributed by atoms with Crippen LogP contribution in [-0.2, 0) is 4.79 Å². The fourth-order valence-electron chi connectivity index (χ4n) is 2.12. The number of methoxy groups -OCH3 is 1. The van der Waals surface area contributed by atoms with Gasteiger partial charge in [0.05, 0.1) is 7.11 Å². The molecule has 0 radical (unpaired) electrons. The van der Waals surface area contributed by atoms with Gasteiger partial charge in [0.15, 0.2) is 0 Å². The van der Waals surface area contributed by atoms with Gasteiger partial charge in [0.2, 0.25) is 0 Å². The van der Waals surface area contributed by atoms with Crippen molar-refractivity contribution in [3.05, 3.63) is 28.8 Å². The number of rotatable bonds is 2. The van der Waals surface area contributed by atoms with Crippen molar-refractivity contribution in [3.63, 3.8) is 0 Å². The van der Waals surface area contributed by atoms with Crippen molar-refractivity contribution in [2.45, 2.75) is 19.9 Å². The van der Waals surface area contributed by atoms with Gasteiger partial charge in [0, 0.05) is 0 Å². The molecule has 2 N–H and O–H groups in total. The van der Waals surface area contributed by atoms with Crippen LogP contribution < -0.4 is 15.4 Å². The molecule has 3 amide bonds. The summed E-state index contributed by atoms with van der Waals surface area (Å²) in [7, 11) is 1.61. The van der Waals surface area contributed by atoms with Crippen molar-refractivity contribution in [2.75, 3.05) is 7.11 Å². The maximum Gasteiger partial charge on any atom is 0.322 e. The van der Waals surface area contributed by atoms with Gasteiger partial charge < -0.3 is 10.1 Å². The lowest BCUT2D eigenvalue weighted by Crippen LogP contribution is -2.22. The maximum absolute atomic E-state index is 11.5. The van der Waals surface area contributed by atoms with Gasteiger partial charge in [-0.3, -0.25) is 10.1 Å². The lowest BCUT2D eigenvalue weighted by atomic mass is 10.0. The van der Waals surface area contributed by atoms with E-state index in [1.807, 2.05) is 26.0 Å². The van der Waals surface area contributed by atoms with Crippen molar-refractivity contribution in [1.82, 2.24) is 10.6 Å². The number of ether oxygens (including phenoxy) is 1. The average Bonchev–Trinajstić information content (AvgIpc) is 2.57. The third-order valence-electron chi connectivity index (χ3n) is 2.79. The van der Waals surface area contributed by atoms with Crippen LogP contribution in [0.15, 0.2) is 12.1 Å². The first kappa shape index (κ1) is 11.4. The van der Waals surface area contributed by atoms with Crippen molar-refractivity contribution in [3.8, 4) is 5.75 Å². The average molecular weight is 234 g/mol. The number of aryl methyl sites for hydroxylation is 2. The van der Waals surface area contributed by atoms with E-state index < -0.39 is 12.1 Å². The van der Waals surface area contributed by atoms with Crippen LogP contribution in [0.4, 0.5) is 4.79 Å². The third-order valence-corrected chi connectivity index (χ3v) is 2.79. The minimum absolute atomic E-state index is 0.320. The molecule has 17 heavy (non-hydrogen) atoms. The summed E-state index contributed by atoms with van der Waals surface area (Å²) in [5.74, 6) is 0.484. The highest BCUT2D eigenvalue weighted by Gasteiger charge is 2.31. The van der Waals surface area contributed by atoms with Crippen LogP contribution in [0.3, 0.4) is 0 Å². The Balaban J connectivity index is 2.41. The second kappa shape index (κ2) is 4.08. The molecule has 2 rings (SSSR count). The number of hydrogen-bond acceptors (Lipinski definition) is 3. The van der Waals surface area contributed by atoms with Gasteiger partial charge in [0.1, 0.15) is 11.8 Å². The lowest BCUT2D eigenvalue weighted by Gasteiger charge is -2.13. The van der Waals surface area contributed by atoms with Gasteiger partial charge in [-0.15, -0.1) is 0 Å². The van der Waals surface area contributed by atoms with Crippen molar-refractivity contribution in [1.29, 1.82) is 0 Å². The number of imide groups is 1. The smallest absolute Gasteiger partial charge is 0.322 e. The standard InChI is InChI=1S/C12H14N2O3/c1-6-4-8(5-7(2)10(6)17-3)9-11(15)14-12(16)13-9/h4-5,9H,1-3H3,(H2,13,14,15,16). The predicted octanol–water partition coefficient (Wildman–Crippen LogP) is 1.19. The topological polar surface area (TPSA) is 67.4 Å². The highest BCUT2D eigenvalue weighted by Crippen LogP contribution is 2.28. The number of carbonyl (C=O) groups excluding carboxylic acids is 2. The van der Waals surface area contributed by atoms with Crippen LogP contribution in [0.25, 0.3) is 0 Å². The van der Waals surface area contributed by atoms with Crippen LogP contribution in [0, 0.1) is 13.8 Å². The highest BCUT2D eigenvalue weighted by atomic mass is 16.5. The predicted molar refractivity (Wildman–Crippen MR) is 61.9 cm³/mol. The minimum atomic E-state index is -0.606. The molecule has 1 fully saturated rings. The van der Waals surface area contributed by atoms with E-state index >= 15 is 0 Å². The fraction of sp³-hybridized carbons (Fsp3) is 0.333. The van der Waals surface area contributed by atoms with Crippen LogP contribution in [-0.4, -0.2) is 19.0 Å². The summed E-state index contributed by atoms with van der Waals surface area (Å²) in [6.07, 6.45) is 0. The Morgan fingerprint density at radius 1 is 1.18 bits per heavy atom. The Labute approximate surface area is 99.2 Å². The summed E-state index contributed by atoms with van der Waals surface area (Å²) in [5.41, 5.74) is 2.65. The molecule has 1 unspecified atom stereocenters. The molecule has 1 aromatic carbocycles. The maximum atomic E-state index is 11.5. The van der Waals surface area contributed by atoms with E-state index in [1.165, 1.54) is 0 Å². The molecule has 1 heterocycles. The molecule has 1 atom stereocenters. The van der Waals surface area contributed by atoms with Crippen molar-refractivity contribution >= 4 is 11.9 Å². The molecule has 1 aliphatic heterocycles. The van der Waals surface area contributed by atoms with E-state index in [4.69, 9.17) is 4.74 Å². The molecule has 0 aliphatic carbocycles. The molecule has 90 valence electrons. The zero-order valence-corrected chi connectivity index (χ0v) is 9.96. The van der Waals surface area contributed by atoms with Crippen molar-refractivity contribution in [2.24, 2.45) is 0 Å². The molecule has 1 aliphatic rings. The first-order valence-electron chi connectivity index (χ1n) is 5.29. The molecule has 1 aromatic rings. The SMILES string of the molecule is COc1c(C)cc(C2NC(=O)NC2=O)cc1C. The minimum Gasteiger partial charge on any atom is -0.496 e. The quantitative estimate of drug-likeness (QED) is 0.755. The van der Waals surface area contributed by atoms with Gasteiger partial charge in [-0.1, -0.05) is 0 Å². The van der Waals surface area contributed by atoms with Crippen LogP contribution in [0.5, 0.6) is 5.75 Å². The molecular formula is C12H14N2O3. The second-order valence-electron chi connectivity index (χ2n) is 4.08. The van der Waals surface area contributed by atoms with E-state index in [-0.39, 0.29) is 5.91 Å². The molecule has 5 nitrogen and oxygen atoms in total. The molecule has 5 heteroatoms. The first-order chi connectivity index (χ1) is 8.02. The summed E-state index contributed by atoms with van der Waals surface area (Å²) >= 11 is 0. The molecule has 0 bridgehead atoms. The zero-order valence-electron chi connectivity index (χ0n) is 9.96. The van der Waals surface area contributed by atoms with E-state index in [0.717, 1.165) is 22.4 Å². The number of amides is 3. The molecule has 0 aromatic heterocycles. The molecule has 0 spiro atoms. The van der Waals surface area contributed by atoms with Crippen LogP contribution >= 0.6 is 0 Å². The largest absolute Gasteiger partial charge is 0.496 e. The first-order valence-corrected chi connectivity index (χ1v) is 5.29. The molecular weight excluding hydrogens is 220 g/mol. The Bertz CT molecular complexity index is 474. The summed E-state index contributed by atoms with van der Waals surface area (Å²) in [4.78, 5) is 22.6. The Hall–Kier alpha value is -2.04. The Kier molecular flexibility index (Phi) is 2.75. The molecule has 0 saturated carbocycles. The monoisotopic (exact) mass is 234 g/mol. The number of benzene rings is 1. The third kappa shape index (κ3) is 1.95. The molecule has 1 saturated heterocycles. The van der Waals surface area contributed by atoms with Gasteiger partial charge in [-0.05, 0) is 42.7 Å². The van der Waals surface area contributed by atoms with Gasteiger partial charge in [-0.25, -0.2) is 4.79 Å². The normalized spacial score (nSPS) is 18.9. The Morgan fingerprint density at radius 2 is 1.76 bits per heavy atom. The summed E-state index contributed by atoms with van der Waals surface area (Å²) < 4.78 is 5.25. The summed E-state index contributed by atoms with van der Waals surface area (Å²) in [6, 6.07) is 2.64. The van der Waals surface area contributed by atoms with Gasteiger partial charge >= 0.3 is 6.03 Å². The number of hydrogen-bond donors (Lipinski definition) is 2. The van der Waals surface area contributed by atoms with E-state index in [9.17, 15) is 9.59 Å². The zero-order chi connectivity index (χ0) is 12.6. The fourth-order valence-corrected chi connectivity index (χ4v) is 2.12. The number of nitrogens with one attached hydrogen (secondary N) is 2. The summed E-state index contributed by atoms with van der Waals surface area (Å²) in [5, 5.41) is 4.78. The lowest BCUT2D eigenvalue weighted by molar-refractivity contribution is -0.120. The number of urea groups is 1. The second-order valence-corrected chi connectivity index (χ2v) is 4.08. The van der Waals surface area contributed by atoms with Gasteiger partial charge in [0.25, 0.3) is 5.91 Å². The van der Waals surface area contributed by atoms with Crippen molar-refractivity contribution < 1.29 is 14.3 Å². The van der Waals surface area contributed by atoms with E-state index in [0.29, 0.717) is 0 Å². The Morgan fingerprint density at radius 3 is 2.18 bits per heavy atom. The van der Waals surface area contributed by atoms with Crippen LogP contribution in [0.1, 0.15) is 22.7 Å². The van der Waals surface area contributed by atoms with Gasteiger partial charge in [-0.2, -0.15) is 0 Å². The van der Waals surface area contributed by atoms with Crippen LogP contribution in [0.2, 0.25) is 0 Å². The van der Waals surface area contributed by atoms with E-state index in [1.54, 1.807) is 7.11 Å². The highest BCUT2D eigenvalue weighted by molar-refractivity contribution is 6.04. The number of carbonyl (C=O) groups is 2.